The molecular weight excluding hydrogens is 162 g/mol. The highest BCUT2D eigenvalue weighted by Gasteiger charge is 1.98. The van der Waals surface area contributed by atoms with E-state index in [9.17, 15) is 4.79 Å². The van der Waals surface area contributed by atoms with Crippen molar-refractivity contribution in [3.05, 3.63) is 23.8 Å². The van der Waals surface area contributed by atoms with E-state index in [-0.39, 0.29) is 5.91 Å². The van der Waals surface area contributed by atoms with Gasteiger partial charge in [0.15, 0.2) is 0 Å². The predicted octanol–water partition coefficient (Wildman–Crippen LogP) is 2.55. The molecule has 2 N–H and O–H groups in total. The number of unbranched alkanes of at least 4 members (excludes halogenated alkanes) is 1. The van der Waals surface area contributed by atoms with Gasteiger partial charge in [-0.05, 0) is 25.7 Å². The number of rotatable bonds is 6. The molecule has 0 fully saturated rings. The maximum Gasteiger partial charge on any atom is 0.244 e. The lowest BCUT2D eigenvalue weighted by Crippen LogP contribution is -2.13. The number of carbonyl (C=O) groups excluding carboxylic acids is 1. The van der Waals surface area contributed by atoms with E-state index in [1.54, 1.807) is 0 Å². The van der Waals surface area contributed by atoms with Gasteiger partial charge in [-0.3, -0.25) is 4.79 Å². The summed E-state index contributed by atoms with van der Waals surface area (Å²) in [6, 6.07) is 0. The zero-order valence-corrected chi connectivity index (χ0v) is 8.55. The van der Waals surface area contributed by atoms with Crippen molar-refractivity contribution in [1.82, 2.24) is 0 Å². The first-order chi connectivity index (χ1) is 6.22. The molecule has 2 nitrogen and oxygen atoms in total. The first-order valence-electron chi connectivity index (χ1n) is 4.86. The second-order valence-electron chi connectivity index (χ2n) is 2.90. The van der Waals surface area contributed by atoms with E-state index >= 15 is 0 Å². The van der Waals surface area contributed by atoms with Crippen molar-refractivity contribution >= 4 is 5.91 Å². The van der Waals surface area contributed by atoms with Crippen LogP contribution in [0.3, 0.4) is 0 Å². The van der Waals surface area contributed by atoms with Gasteiger partial charge in [0.1, 0.15) is 0 Å². The van der Waals surface area contributed by atoms with Gasteiger partial charge in [0.2, 0.25) is 5.91 Å². The van der Waals surface area contributed by atoms with Crippen molar-refractivity contribution in [2.75, 3.05) is 0 Å². The largest absolute Gasteiger partial charge is 0.366 e. The van der Waals surface area contributed by atoms with Crippen molar-refractivity contribution in [3.8, 4) is 0 Å². The van der Waals surface area contributed by atoms with Crippen LogP contribution in [0.4, 0.5) is 0 Å². The maximum atomic E-state index is 10.8. The quantitative estimate of drug-likeness (QED) is 0.382. The third-order valence-corrected chi connectivity index (χ3v) is 1.82. The lowest BCUT2D eigenvalue weighted by atomic mass is 10.1. The molecule has 13 heavy (non-hydrogen) atoms. The highest BCUT2D eigenvalue weighted by molar-refractivity contribution is 5.91. The second-order valence-corrected chi connectivity index (χ2v) is 2.90. The van der Waals surface area contributed by atoms with Crippen LogP contribution in [0.15, 0.2) is 23.8 Å². The summed E-state index contributed by atoms with van der Waals surface area (Å²) < 4.78 is 0. The van der Waals surface area contributed by atoms with E-state index in [1.165, 1.54) is 0 Å². The van der Waals surface area contributed by atoms with Crippen LogP contribution in [0.25, 0.3) is 0 Å². The van der Waals surface area contributed by atoms with E-state index in [1.807, 2.05) is 13.0 Å². The van der Waals surface area contributed by atoms with E-state index in [2.05, 4.69) is 19.1 Å². The van der Waals surface area contributed by atoms with Gasteiger partial charge in [0, 0.05) is 5.57 Å². The summed E-state index contributed by atoms with van der Waals surface area (Å²) in [5.41, 5.74) is 5.90. The Hall–Kier alpha value is -1.05. The molecule has 0 aromatic rings. The monoisotopic (exact) mass is 181 g/mol. The molecule has 0 rings (SSSR count). The third kappa shape index (κ3) is 6.14. The first-order valence-corrected chi connectivity index (χ1v) is 4.86. The molecule has 0 aliphatic carbocycles. The number of hydrogen-bond donors (Lipinski definition) is 1. The van der Waals surface area contributed by atoms with Gasteiger partial charge in [-0.1, -0.05) is 32.1 Å². The second kappa shape index (κ2) is 7.59. The van der Waals surface area contributed by atoms with Gasteiger partial charge in [-0.15, -0.1) is 0 Å². The molecule has 0 unspecified atom stereocenters. The lowest BCUT2D eigenvalue weighted by molar-refractivity contribution is -0.114. The molecule has 2 heteroatoms. The van der Waals surface area contributed by atoms with Crippen LogP contribution in [0.1, 0.15) is 39.5 Å². The van der Waals surface area contributed by atoms with Gasteiger partial charge >= 0.3 is 0 Å². The molecule has 0 aromatic heterocycles. The van der Waals surface area contributed by atoms with E-state index < -0.39 is 0 Å². The van der Waals surface area contributed by atoms with Gasteiger partial charge in [0.05, 0.1) is 0 Å². The summed E-state index contributed by atoms with van der Waals surface area (Å²) in [6.07, 6.45) is 9.89. The van der Waals surface area contributed by atoms with Crippen molar-refractivity contribution in [2.24, 2.45) is 5.73 Å². The standard InChI is InChI=1S/C11H19NO/c1-3-5-6-7-8-9-10(4-2)11(12)13/h5-6,9H,3-4,7-8H2,1-2H3,(H2,12,13)/b6-5+,10-9+. The van der Waals surface area contributed by atoms with Crippen LogP contribution in [0, 0.1) is 0 Å². The fourth-order valence-electron chi connectivity index (χ4n) is 1.06. The molecule has 0 saturated heterocycles. The zero-order chi connectivity index (χ0) is 10.1. The minimum Gasteiger partial charge on any atom is -0.366 e. The van der Waals surface area contributed by atoms with Crippen LogP contribution in [0.5, 0.6) is 0 Å². The molecule has 0 saturated carbocycles. The minimum atomic E-state index is -0.290. The maximum absolute atomic E-state index is 10.8. The Morgan fingerprint density at radius 3 is 2.38 bits per heavy atom. The molecule has 0 atom stereocenters. The van der Waals surface area contributed by atoms with Gasteiger partial charge in [-0.2, -0.15) is 0 Å². The molecule has 0 aliphatic heterocycles. The Balaban J connectivity index is 3.80. The molecule has 1 amide bonds. The van der Waals surface area contributed by atoms with Crippen LogP contribution >= 0.6 is 0 Å². The molecule has 0 spiro atoms. The Morgan fingerprint density at radius 1 is 1.23 bits per heavy atom. The summed E-state index contributed by atoms with van der Waals surface area (Å²) in [6.45, 7) is 4.05. The van der Waals surface area contributed by atoms with Gasteiger partial charge in [-0.25, -0.2) is 0 Å². The molecule has 74 valence electrons. The summed E-state index contributed by atoms with van der Waals surface area (Å²) in [4.78, 5) is 10.8. The Morgan fingerprint density at radius 2 is 1.92 bits per heavy atom. The number of amides is 1. The number of primary amides is 1. The number of nitrogens with two attached hydrogens (primary N) is 1. The van der Waals surface area contributed by atoms with E-state index in [0.717, 1.165) is 31.3 Å². The van der Waals surface area contributed by atoms with Crippen molar-refractivity contribution in [2.45, 2.75) is 39.5 Å². The van der Waals surface area contributed by atoms with Crippen LogP contribution in [-0.2, 0) is 4.79 Å². The molecular formula is C11H19NO. The van der Waals surface area contributed by atoms with Crippen LogP contribution < -0.4 is 5.73 Å². The highest BCUT2D eigenvalue weighted by Crippen LogP contribution is 2.03. The summed E-state index contributed by atoms with van der Waals surface area (Å²) in [5.74, 6) is -0.290. The smallest absolute Gasteiger partial charge is 0.244 e. The number of allylic oxidation sites excluding steroid dienone is 3. The summed E-state index contributed by atoms with van der Waals surface area (Å²) in [7, 11) is 0. The fraction of sp³-hybridized carbons (Fsp3) is 0.545. The Kier molecular flexibility index (Phi) is 6.98. The summed E-state index contributed by atoms with van der Waals surface area (Å²) >= 11 is 0. The predicted molar refractivity (Wildman–Crippen MR) is 56.2 cm³/mol. The molecule has 0 aromatic carbocycles. The molecule has 0 aliphatic rings. The van der Waals surface area contributed by atoms with Crippen molar-refractivity contribution in [1.29, 1.82) is 0 Å². The normalized spacial score (nSPS) is 12.3. The van der Waals surface area contributed by atoms with Crippen molar-refractivity contribution < 1.29 is 4.79 Å². The SMILES string of the molecule is CC/C=C/CC/C=C(\CC)C(N)=O. The number of hydrogen-bond acceptors (Lipinski definition) is 1. The first kappa shape index (κ1) is 11.9. The van der Waals surface area contributed by atoms with Crippen LogP contribution in [0.2, 0.25) is 0 Å². The van der Waals surface area contributed by atoms with E-state index in [0.29, 0.717) is 0 Å². The molecule has 0 heterocycles. The third-order valence-electron chi connectivity index (χ3n) is 1.82. The van der Waals surface area contributed by atoms with Gasteiger partial charge in [0.25, 0.3) is 0 Å². The minimum absolute atomic E-state index is 0.290. The average Bonchev–Trinajstić information content (AvgIpc) is 2.10. The summed E-state index contributed by atoms with van der Waals surface area (Å²) in [5, 5.41) is 0. The molecule has 0 bridgehead atoms. The highest BCUT2D eigenvalue weighted by atomic mass is 16.1. The number of carbonyl (C=O) groups is 1. The molecule has 0 radical (unpaired) electrons. The lowest BCUT2D eigenvalue weighted by Gasteiger charge is -1.96. The Labute approximate surface area is 80.5 Å². The fourth-order valence-corrected chi connectivity index (χ4v) is 1.06. The topological polar surface area (TPSA) is 43.1 Å². The van der Waals surface area contributed by atoms with Crippen LogP contribution in [-0.4, -0.2) is 5.91 Å². The van der Waals surface area contributed by atoms with Crippen molar-refractivity contribution in [3.63, 3.8) is 0 Å². The Bertz CT molecular complexity index is 204. The average molecular weight is 181 g/mol. The zero-order valence-electron chi connectivity index (χ0n) is 8.55. The van der Waals surface area contributed by atoms with Gasteiger partial charge < -0.3 is 5.73 Å². The van der Waals surface area contributed by atoms with E-state index in [4.69, 9.17) is 5.73 Å².